The minimum Gasteiger partial charge on any atom is -0.496 e. The fourth-order valence-electron chi connectivity index (χ4n) is 4.70. The van der Waals surface area contributed by atoms with E-state index in [4.69, 9.17) is 4.74 Å². The maximum Gasteiger partial charge on any atom is 0.398 e. The fourth-order valence-corrected chi connectivity index (χ4v) is 4.70. The van der Waals surface area contributed by atoms with E-state index in [2.05, 4.69) is 22.8 Å². The molecule has 1 fully saturated rings. The SMILES string of the molecule is COc1cc2c(cc1CN[C@@H]1CCN[C@@H]1c1ccccc1)C(C)(C(F)(F)F)CC2.Cl.Cl. The number of nitrogens with one attached hydrogen (secondary N) is 2. The maximum atomic E-state index is 13.8. The highest BCUT2D eigenvalue weighted by molar-refractivity contribution is 5.85. The molecule has 3 atom stereocenters. The minimum absolute atomic E-state index is 0. The van der Waals surface area contributed by atoms with Gasteiger partial charge in [-0.05, 0) is 61.6 Å². The van der Waals surface area contributed by atoms with E-state index in [1.165, 1.54) is 12.5 Å². The average Bonchev–Trinajstić information content (AvgIpc) is 3.31. The van der Waals surface area contributed by atoms with E-state index in [1.807, 2.05) is 18.2 Å². The molecule has 2 N–H and O–H groups in total. The summed E-state index contributed by atoms with van der Waals surface area (Å²) < 4.78 is 46.8. The zero-order chi connectivity index (χ0) is 20.6. The second-order valence-corrected chi connectivity index (χ2v) is 8.27. The molecule has 3 nitrogen and oxygen atoms in total. The highest BCUT2D eigenvalue weighted by Crippen LogP contribution is 2.50. The van der Waals surface area contributed by atoms with Crippen molar-refractivity contribution >= 4 is 24.8 Å². The van der Waals surface area contributed by atoms with Gasteiger partial charge in [-0.15, -0.1) is 24.8 Å². The van der Waals surface area contributed by atoms with Gasteiger partial charge in [-0.2, -0.15) is 13.2 Å². The average molecular weight is 477 g/mol. The van der Waals surface area contributed by atoms with Crippen LogP contribution in [0.2, 0.25) is 0 Å². The zero-order valence-electron chi connectivity index (χ0n) is 17.6. The van der Waals surface area contributed by atoms with E-state index in [-0.39, 0.29) is 43.3 Å². The molecule has 0 saturated carbocycles. The maximum absolute atomic E-state index is 13.8. The van der Waals surface area contributed by atoms with Crippen LogP contribution in [0.3, 0.4) is 0 Å². The lowest BCUT2D eigenvalue weighted by atomic mass is 9.82. The molecule has 31 heavy (non-hydrogen) atoms. The number of ether oxygens (including phenoxy) is 1. The Bertz CT molecular complexity index is 879. The van der Waals surface area contributed by atoms with Crippen LogP contribution in [0.4, 0.5) is 13.2 Å². The molecule has 8 heteroatoms. The van der Waals surface area contributed by atoms with Crippen LogP contribution >= 0.6 is 24.8 Å². The van der Waals surface area contributed by atoms with Crippen LogP contribution < -0.4 is 15.4 Å². The summed E-state index contributed by atoms with van der Waals surface area (Å²) in [4.78, 5) is 0. The second kappa shape index (κ2) is 9.99. The molecule has 0 spiro atoms. The van der Waals surface area contributed by atoms with Gasteiger partial charge in [0, 0.05) is 24.2 Å². The number of halogens is 5. The number of rotatable bonds is 5. The molecule has 2 aromatic rings. The van der Waals surface area contributed by atoms with Crippen molar-refractivity contribution < 1.29 is 17.9 Å². The molecule has 1 heterocycles. The van der Waals surface area contributed by atoms with Crippen molar-refractivity contribution in [3.63, 3.8) is 0 Å². The molecule has 1 saturated heterocycles. The summed E-state index contributed by atoms with van der Waals surface area (Å²) in [6, 6.07) is 14.1. The third-order valence-corrected chi connectivity index (χ3v) is 6.56. The number of hydrogen-bond acceptors (Lipinski definition) is 3. The number of methoxy groups -OCH3 is 1. The van der Waals surface area contributed by atoms with Crippen molar-refractivity contribution in [3.8, 4) is 5.75 Å². The molecule has 1 aliphatic carbocycles. The summed E-state index contributed by atoms with van der Waals surface area (Å²) in [5.74, 6) is 0.657. The summed E-state index contributed by atoms with van der Waals surface area (Å²) in [5, 5.41) is 7.07. The lowest BCUT2D eigenvalue weighted by molar-refractivity contribution is -0.184. The minimum atomic E-state index is -4.26. The summed E-state index contributed by atoms with van der Waals surface area (Å²) in [5.41, 5.74) is 1.35. The summed E-state index contributed by atoms with van der Waals surface area (Å²) in [7, 11) is 1.58. The number of hydrogen-bond donors (Lipinski definition) is 2. The van der Waals surface area contributed by atoms with E-state index >= 15 is 0 Å². The van der Waals surface area contributed by atoms with Crippen LogP contribution in [0.25, 0.3) is 0 Å². The topological polar surface area (TPSA) is 33.3 Å². The molecule has 1 aliphatic heterocycles. The van der Waals surface area contributed by atoms with Crippen LogP contribution in [-0.4, -0.2) is 25.9 Å². The molecule has 4 rings (SSSR count). The van der Waals surface area contributed by atoms with Crippen molar-refractivity contribution in [1.82, 2.24) is 10.6 Å². The Morgan fingerprint density at radius 1 is 1.16 bits per heavy atom. The molecule has 2 aromatic carbocycles. The number of aryl methyl sites for hydroxylation is 1. The summed E-state index contributed by atoms with van der Waals surface area (Å²) >= 11 is 0. The quantitative estimate of drug-likeness (QED) is 0.597. The predicted molar refractivity (Wildman–Crippen MR) is 122 cm³/mol. The molecular formula is C23H29Cl2F3N2O. The van der Waals surface area contributed by atoms with E-state index in [0.717, 1.165) is 24.1 Å². The first-order chi connectivity index (χ1) is 13.8. The van der Waals surface area contributed by atoms with Crippen LogP contribution in [-0.2, 0) is 18.4 Å². The largest absolute Gasteiger partial charge is 0.496 e. The number of benzene rings is 2. The van der Waals surface area contributed by atoms with Gasteiger partial charge in [0.05, 0.1) is 12.5 Å². The normalized spacial score (nSPS) is 24.8. The first-order valence-electron chi connectivity index (χ1n) is 10.1. The number of alkyl halides is 3. The van der Waals surface area contributed by atoms with Gasteiger partial charge >= 0.3 is 6.18 Å². The van der Waals surface area contributed by atoms with Gasteiger partial charge in [0.25, 0.3) is 0 Å². The van der Waals surface area contributed by atoms with Crippen LogP contribution in [0.1, 0.15) is 48.1 Å². The van der Waals surface area contributed by atoms with Gasteiger partial charge in [-0.25, -0.2) is 0 Å². The van der Waals surface area contributed by atoms with Gasteiger partial charge in [-0.3, -0.25) is 0 Å². The highest BCUT2D eigenvalue weighted by atomic mass is 35.5. The molecule has 0 radical (unpaired) electrons. The summed E-state index contributed by atoms with van der Waals surface area (Å²) in [6.45, 7) is 2.69. The second-order valence-electron chi connectivity index (χ2n) is 8.27. The van der Waals surface area contributed by atoms with Crippen molar-refractivity contribution in [2.75, 3.05) is 13.7 Å². The molecule has 0 aromatic heterocycles. The fraction of sp³-hybridized carbons (Fsp3) is 0.478. The predicted octanol–water partition coefficient (Wildman–Crippen LogP) is 5.50. The lowest BCUT2D eigenvalue weighted by Gasteiger charge is -2.29. The van der Waals surface area contributed by atoms with E-state index < -0.39 is 11.6 Å². The third kappa shape index (κ3) is 4.82. The third-order valence-electron chi connectivity index (χ3n) is 6.56. The van der Waals surface area contributed by atoms with Crippen molar-refractivity contribution in [2.45, 2.75) is 56.4 Å². The van der Waals surface area contributed by atoms with Gasteiger partial charge in [0.2, 0.25) is 0 Å². The molecular weight excluding hydrogens is 448 g/mol. The van der Waals surface area contributed by atoms with E-state index in [0.29, 0.717) is 24.3 Å². The van der Waals surface area contributed by atoms with Crippen molar-refractivity contribution in [3.05, 3.63) is 64.7 Å². The number of fused-ring (bicyclic) bond motifs is 1. The smallest absolute Gasteiger partial charge is 0.398 e. The Labute approximate surface area is 194 Å². The van der Waals surface area contributed by atoms with E-state index in [1.54, 1.807) is 19.2 Å². The zero-order valence-corrected chi connectivity index (χ0v) is 19.2. The standard InChI is InChI=1S/C23H27F3N2O.2ClH/c1-22(23(24,25)26)10-8-16-13-20(29-2)17(12-18(16)22)14-28-19-9-11-27-21(19)15-6-4-3-5-7-15;;/h3-7,12-13,19,21,27-28H,8-11,14H2,1-2H3;2*1H/t19-,21-,22?;;/m1../s1. The Kier molecular flexibility index (Phi) is 8.31. The molecule has 1 unspecified atom stereocenters. The monoisotopic (exact) mass is 476 g/mol. The van der Waals surface area contributed by atoms with Crippen LogP contribution in [0, 0.1) is 0 Å². The van der Waals surface area contributed by atoms with Gasteiger partial charge in [0.15, 0.2) is 0 Å². The molecule has 172 valence electrons. The lowest BCUT2D eigenvalue weighted by Crippen LogP contribution is -2.37. The molecule has 2 aliphatic rings. The van der Waals surface area contributed by atoms with Gasteiger partial charge < -0.3 is 15.4 Å². The van der Waals surface area contributed by atoms with Crippen LogP contribution in [0.5, 0.6) is 5.75 Å². The summed E-state index contributed by atoms with van der Waals surface area (Å²) in [6.07, 6.45) is -2.77. The highest BCUT2D eigenvalue weighted by Gasteiger charge is 2.55. The Hall–Kier alpha value is -1.47. The Morgan fingerprint density at radius 2 is 1.87 bits per heavy atom. The molecule has 0 amide bonds. The van der Waals surface area contributed by atoms with Gasteiger partial charge in [-0.1, -0.05) is 30.3 Å². The van der Waals surface area contributed by atoms with Crippen molar-refractivity contribution in [2.24, 2.45) is 0 Å². The van der Waals surface area contributed by atoms with Crippen molar-refractivity contribution in [1.29, 1.82) is 0 Å². The van der Waals surface area contributed by atoms with Gasteiger partial charge in [0.1, 0.15) is 5.75 Å². The Balaban J connectivity index is 0.00000171. The van der Waals surface area contributed by atoms with Crippen LogP contribution in [0.15, 0.2) is 42.5 Å². The first-order valence-corrected chi connectivity index (χ1v) is 10.1. The first kappa shape index (κ1) is 25.8. The van der Waals surface area contributed by atoms with E-state index in [9.17, 15) is 13.2 Å². The molecule has 0 bridgehead atoms. The Morgan fingerprint density at radius 3 is 2.52 bits per heavy atom.